The Bertz CT molecular complexity index is 2170. The maximum absolute atomic E-state index is 13.4. The number of carbonyl (C=O) groups excluding carboxylic acids is 1. The molecular weight excluding hydrogens is 1260 g/mol. The Kier molecular flexibility index (Phi) is 54.5. The number of ether oxygens (including phenoxy) is 6. The van der Waals surface area contributed by atoms with Crippen LogP contribution in [0.3, 0.4) is 0 Å². The second kappa shape index (κ2) is 60.0. The highest BCUT2D eigenvalue weighted by atomic mass is 16.8. The maximum Gasteiger partial charge on any atom is 0.220 e. The average molecular weight is 1400 g/mol. The fourth-order valence-corrected chi connectivity index (χ4v) is 12.6. The van der Waals surface area contributed by atoms with E-state index < -0.39 is 124 Å². The SMILES string of the molecule is CC/C=C\C/C=C\C/C=C\C/C=C\C/C=C\C/C=C\CCCCCCC(=O)NC(COC1OC(CO)C(OC2OC(CO)C(OC3OC(CO)C(O)C(O)C3O)C(O)C2O)C(O)C1O)C(O)/C=C/CC/C=C/CCCCCCCCCCCCCCCCCCCCCCCCCCC. The number of aliphatic hydroxyl groups excluding tert-OH is 11. The van der Waals surface area contributed by atoms with E-state index in [4.69, 9.17) is 28.4 Å². The number of hydrogen-bond donors (Lipinski definition) is 12. The van der Waals surface area contributed by atoms with Gasteiger partial charge in [0, 0.05) is 6.42 Å². The second-order valence-electron chi connectivity index (χ2n) is 27.4. The van der Waals surface area contributed by atoms with Crippen LogP contribution in [0.25, 0.3) is 0 Å². The molecule has 3 aliphatic heterocycles. The van der Waals surface area contributed by atoms with Gasteiger partial charge >= 0.3 is 0 Å². The molecule has 3 fully saturated rings. The molecule has 19 nitrogen and oxygen atoms in total. The molecular formula is C80H139NO18. The van der Waals surface area contributed by atoms with Crippen molar-refractivity contribution in [3.63, 3.8) is 0 Å². The van der Waals surface area contributed by atoms with E-state index >= 15 is 0 Å². The summed E-state index contributed by atoms with van der Waals surface area (Å²) in [5.74, 6) is -0.311. The van der Waals surface area contributed by atoms with Gasteiger partial charge < -0.3 is 89.9 Å². The van der Waals surface area contributed by atoms with Crippen molar-refractivity contribution in [1.82, 2.24) is 5.32 Å². The van der Waals surface area contributed by atoms with Crippen molar-refractivity contribution >= 4 is 5.91 Å². The van der Waals surface area contributed by atoms with Crippen LogP contribution in [0, 0.1) is 0 Å². The lowest BCUT2D eigenvalue weighted by molar-refractivity contribution is -0.379. The van der Waals surface area contributed by atoms with Gasteiger partial charge in [-0.2, -0.15) is 0 Å². The monoisotopic (exact) mass is 1400 g/mol. The van der Waals surface area contributed by atoms with Crippen LogP contribution in [-0.2, 0) is 33.2 Å². The molecule has 99 heavy (non-hydrogen) atoms. The summed E-state index contributed by atoms with van der Waals surface area (Å²) in [6.07, 6.45) is 54.0. The largest absolute Gasteiger partial charge is 0.394 e. The predicted molar refractivity (Wildman–Crippen MR) is 392 cm³/mol. The number of unbranched alkanes of at least 4 members (excludes halogenated alkanes) is 30. The topological polar surface area (TPSA) is 307 Å². The van der Waals surface area contributed by atoms with E-state index in [0.29, 0.717) is 12.8 Å². The van der Waals surface area contributed by atoms with Crippen LogP contribution in [0.2, 0.25) is 0 Å². The lowest BCUT2D eigenvalue weighted by Crippen LogP contribution is -2.66. The van der Waals surface area contributed by atoms with Crippen molar-refractivity contribution in [3.8, 4) is 0 Å². The van der Waals surface area contributed by atoms with Gasteiger partial charge in [0.05, 0.1) is 38.6 Å². The van der Waals surface area contributed by atoms with E-state index in [0.717, 1.165) is 83.5 Å². The summed E-state index contributed by atoms with van der Waals surface area (Å²) < 4.78 is 34.4. The van der Waals surface area contributed by atoms with Crippen LogP contribution in [0.5, 0.6) is 0 Å². The zero-order valence-corrected chi connectivity index (χ0v) is 60.9. The van der Waals surface area contributed by atoms with E-state index in [1.165, 1.54) is 154 Å². The number of rotatable bonds is 60. The summed E-state index contributed by atoms with van der Waals surface area (Å²) in [5, 5.41) is 121. The first-order valence-electron chi connectivity index (χ1n) is 39.0. The van der Waals surface area contributed by atoms with E-state index in [1.54, 1.807) is 6.08 Å². The molecule has 0 saturated carbocycles. The van der Waals surface area contributed by atoms with Gasteiger partial charge in [-0.05, 0) is 83.5 Å². The van der Waals surface area contributed by atoms with Gasteiger partial charge in [0.15, 0.2) is 18.9 Å². The smallest absolute Gasteiger partial charge is 0.220 e. The van der Waals surface area contributed by atoms with Gasteiger partial charge in [0.25, 0.3) is 0 Å². The third-order valence-electron chi connectivity index (χ3n) is 18.9. The van der Waals surface area contributed by atoms with Gasteiger partial charge in [0.1, 0.15) is 73.2 Å². The molecule has 0 aromatic heterocycles. The van der Waals surface area contributed by atoms with E-state index in [9.17, 15) is 61.0 Å². The van der Waals surface area contributed by atoms with Crippen molar-refractivity contribution in [2.75, 3.05) is 26.4 Å². The molecule has 572 valence electrons. The summed E-state index contributed by atoms with van der Waals surface area (Å²) >= 11 is 0. The first-order chi connectivity index (χ1) is 48.3. The molecule has 0 spiro atoms. The predicted octanol–water partition coefficient (Wildman–Crippen LogP) is 12.4. The molecule has 12 N–H and O–H groups in total. The molecule has 19 heteroatoms. The first-order valence-corrected chi connectivity index (χ1v) is 39.0. The molecule has 0 aromatic rings. The summed E-state index contributed by atoms with van der Waals surface area (Å²) in [7, 11) is 0. The van der Waals surface area contributed by atoms with Crippen LogP contribution in [-0.4, -0.2) is 193 Å². The van der Waals surface area contributed by atoms with Crippen LogP contribution < -0.4 is 5.32 Å². The van der Waals surface area contributed by atoms with Gasteiger partial charge in [-0.3, -0.25) is 4.79 Å². The number of aliphatic hydroxyl groups is 11. The lowest BCUT2D eigenvalue weighted by atomic mass is 9.96. The zero-order chi connectivity index (χ0) is 71.8. The Labute approximate surface area is 596 Å². The van der Waals surface area contributed by atoms with E-state index in [1.807, 2.05) is 6.08 Å². The number of amides is 1. The first kappa shape index (κ1) is 89.9. The van der Waals surface area contributed by atoms with Gasteiger partial charge in [-0.1, -0.05) is 278 Å². The van der Waals surface area contributed by atoms with Crippen LogP contribution in [0.15, 0.2) is 97.2 Å². The Morgan fingerprint density at radius 3 is 1.13 bits per heavy atom. The number of carbonyl (C=O) groups is 1. The van der Waals surface area contributed by atoms with E-state index in [-0.39, 0.29) is 18.9 Å². The van der Waals surface area contributed by atoms with Gasteiger partial charge in [-0.15, -0.1) is 0 Å². The second-order valence-corrected chi connectivity index (χ2v) is 27.4. The van der Waals surface area contributed by atoms with Crippen molar-refractivity contribution < 1.29 is 89.4 Å². The van der Waals surface area contributed by atoms with Crippen molar-refractivity contribution in [3.05, 3.63) is 97.2 Å². The Balaban J connectivity index is 1.41. The fourth-order valence-electron chi connectivity index (χ4n) is 12.6. The summed E-state index contributed by atoms with van der Waals surface area (Å²) in [6, 6.07) is -1.01. The summed E-state index contributed by atoms with van der Waals surface area (Å²) in [4.78, 5) is 13.4. The third kappa shape index (κ3) is 40.5. The molecule has 0 radical (unpaired) electrons. The summed E-state index contributed by atoms with van der Waals surface area (Å²) in [5.41, 5.74) is 0. The molecule has 17 atom stereocenters. The molecule has 0 bridgehead atoms. The standard InChI is InChI=1S/C80H139NO18/c1-3-5-7-9-11-13-15-17-19-21-23-25-27-28-29-30-31-32-33-34-36-37-39-41-43-45-47-49-51-53-55-57-64(85)63(81-68(86)58-56-54-52-50-48-46-44-42-40-38-35-26-24-22-20-18-16-14-12-10-8-6-4-2)62-94-78-74(92)71(89)76(66(60-83)96-78)99-80-75(93)72(90)77(67(61-84)97-80)98-79-73(91)70(88)69(87)65(59-82)95-79/h6,8,12,14,18,20,24,26,38,40,44,46-47,49,55,57,63-67,69-80,82-85,87-93H,3-5,7,9-11,13,15-17,19,21-23,25,27-37,39,41-43,45,48,50-54,56,58-62H2,1-2H3,(H,81,86)/b8-6-,14-12-,20-18-,26-24-,40-38-,46-44-,49-47+,57-55+. The van der Waals surface area contributed by atoms with Crippen LogP contribution in [0.4, 0.5) is 0 Å². The number of nitrogens with one attached hydrogen (secondary N) is 1. The molecule has 1 amide bonds. The minimum absolute atomic E-state index is 0.200. The molecule has 17 unspecified atom stereocenters. The molecule has 3 saturated heterocycles. The van der Waals surface area contributed by atoms with Crippen molar-refractivity contribution in [2.45, 2.75) is 375 Å². The molecule has 3 aliphatic rings. The third-order valence-corrected chi connectivity index (χ3v) is 18.9. The normalized spacial score (nSPS) is 27.1. The highest BCUT2D eigenvalue weighted by Crippen LogP contribution is 2.33. The van der Waals surface area contributed by atoms with Gasteiger partial charge in [0.2, 0.25) is 5.91 Å². The molecule has 3 heterocycles. The van der Waals surface area contributed by atoms with E-state index in [2.05, 4.69) is 104 Å². The van der Waals surface area contributed by atoms with Gasteiger partial charge in [-0.25, -0.2) is 0 Å². The quantitative estimate of drug-likeness (QED) is 0.0199. The molecule has 0 aliphatic carbocycles. The van der Waals surface area contributed by atoms with Crippen LogP contribution >= 0.6 is 0 Å². The average Bonchev–Trinajstić information content (AvgIpc) is 0.782. The van der Waals surface area contributed by atoms with Crippen LogP contribution in [0.1, 0.15) is 271 Å². The fraction of sp³-hybridized carbons (Fsp3) is 0.787. The van der Waals surface area contributed by atoms with Crippen molar-refractivity contribution in [1.29, 1.82) is 0 Å². The minimum Gasteiger partial charge on any atom is -0.394 e. The maximum atomic E-state index is 13.4. The molecule has 3 rings (SSSR count). The lowest BCUT2D eigenvalue weighted by Gasteiger charge is -2.48. The number of allylic oxidation sites excluding steroid dienone is 15. The number of hydrogen-bond acceptors (Lipinski definition) is 18. The summed E-state index contributed by atoms with van der Waals surface area (Å²) in [6.45, 7) is 1.60. The Morgan fingerprint density at radius 1 is 0.374 bits per heavy atom. The molecule has 0 aromatic carbocycles. The minimum atomic E-state index is -1.99. The van der Waals surface area contributed by atoms with Crippen molar-refractivity contribution in [2.24, 2.45) is 0 Å². The highest BCUT2D eigenvalue weighted by Gasteiger charge is 2.53. The Morgan fingerprint density at radius 2 is 0.707 bits per heavy atom. The Hall–Kier alpha value is -3.29. The zero-order valence-electron chi connectivity index (χ0n) is 60.9. The highest BCUT2D eigenvalue weighted by molar-refractivity contribution is 5.76.